The van der Waals surface area contributed by atoms with Crippen molar-refractivity contribution >= 4 is 11.6 Å². The molecule has 21 heavy (non-hydrogen) atoms. The summed E-state index contributed by atoms with van der Waals surface area (Å²) in [4.78, 5) is 0. The minimum Gasteiger partial charge on any atom is -0.493 e. The second kappa shape index (κ2) is 8.50. The van der Waals surface area contributed by atoms with Crippen LogP contribution in [-0.2, 0) is 6.54 Å². The average Bonchev–Trinajstić information content (AvgIpc) is 2.51. The van der Waals surface area contributed by atoms with Gasteiger partial charge in [-0.15, -0.1) is 0 Å². The standard InChI is InChI=1S/C17H26ClNO2/c1-3-9-19-12-13-10-15(18)17(16(11-13)20-2)21-14-7-5-4-6-8-14/h10-11,14,19H,3-9,12H2,1-2H3. The highest BCUT2D eigenvalue weighted by molar-refractivity contribution is 6.32. The van der Waals surface area contributed by atoms with Gasteiger partial charge in [0.25, 0.3) is 0 Å². The maximum Gasteiger partial charge on any atom is 0.180 e. The van der Waals surface area contributed by atoms with E-state index in [4.69, 9.17) is 21.1 Å². The van der Waals surface area contributed by atoms with Crippen LogP contribution in [0.2, 0.25) is 5.02 Å². The van der Waals surface area contributed by atoms with E-state index in [9.17, 15) is 0 Å². The van der Waals surface area contributed by atoms with Gasteiger partial charge in [-0.1, -0.05) is 24.9 Å². The van der Waals surface area contributed by atoms with Gasteiger partial charge in [-0.25, -0.2) is 0 Å². The molecule has 1 aliphatic carbocycles. The Morgan fingerprint density at radius 2 is 2.00 bits per heavy atom. The van der Waals surface area contributed by atoms with Crippen molar-refractivity contribution in [2.75, 3.05) is 13.7 Å². The van der Waals surface area contributed by atoms with Gasteiger partial charge < -0.3 is 14.8 Å². The normalized spacial score (nSPS) is 16.0. The van der Waals surface area contributed by atoms with E-state index in [1.807, 2.05) is 12.1 Å². The van der Waals surface area contributed by atoms with E-state index < -0.39 is 0 Å². The Morgan fingerprint density at radius 3 is 2.67 bits per heavy atom. The van der Waals surface area contributed by atoms with Gasteiger partial charge in [0.2, 0.25) is 0 Å². The van der Waals surface area contributed by atoms with Crippen LogP contribution in [0.3, 0.4) is 0 Å². The summed E-state index contributed by atoms with van der Waals surface area (Å²) in [5.41, 5.74) is 1.13. The van der Waals surface area contributed by atoms with E-state index in [-0.39, 0.29) is 6.10 Å². The topological polar surface area (TPSA) is 30.5 Å². The Hall–Kier alpha value is -0.930. The van der Waals surface area contributed by atoms with Crippen LogP contribution >= 0.6 is 11.6 Å². The zero-order valence-corrected chi connectivity index (χ0v) is 13.8. The van der Waals surface area contributed by atoms with Crippen molar-refractivity contribution in [2.45, 2.75) is 58.1 Å². The zero-order valence-electron chi connectivity index (χ0n) is 13.1. The molecule has 0 amide bonds. The monoisotopic (exact) mass is 311 g/mol. The largest absolute Gasteiger partial charge is 0.493 e. The van der Waals surface area contributed by atoms with Crippen molar-refractivity contribution in [2.24, 2.45) is 0 Å². The molecule has 2 rings (SSSR count). The van der Waals surface area contributed by atoms with Crippen LogP contribution in [0.4, 0.5) is 0 Å². The molecule has 0 saturated heterocycles. The van der Waals surface area contributed by atoms with Crippen molar-refractivity contribution in [1.82, 2.24) is 5.32 Å². The summed E-state index contributed by atoms with van der Waals surface area (Å²) >= 11 is 6.41. The Bertz CT molecular complexity index is 445. The summed E-state index contributed by atoms with van der Waals surface area (Å²) in [6.07, 6.45) is 7.40. The van der Waals surface area contributed by atoms with Gasteiger partial charge in [0.1, 0.15) is 0 Å². The van der Waals surface area contributed by atoms with E-state index >= 15 is 0 Å². The highest BCUT2D eigenvalue weighted by Crippen LogP contribution is 2.38. The molecule has 1 N–H and O–H groups in total. The number of hydrogen-bond donors (Lipinski definition) is 1. The number of hydrogen-bond acceptors (Lipinski definition) is 3. The molecule has 0 radical (unpaired) electrons. The van der Waals surface area contributed by atoms with E-state index in [2.05, 4.69) is 12.2 Å². The molecule has 0 heterocycles. The van der Waals surface area contributed by atoms with E-state index in [0.717, 1.165) is 43.7 Å². The molecule has 0 aromatic heterocycles. The molecule has 0 spiro atoms. The molecule has 1 fully saturated rings. The number of methoxy groups -OCH3 is 1. The molecule has 0 unspecified atom stereocenters. The van der Waals surface area contributed by atoms with Gasteiger partial charge in [-0.05, 0) is 56.3 Å². The first-order valence-electron chi connectivity index (χ1n) is 7.98. The van der Waals surface area contributed by atoms with Crippen molar-refractivity contribution < 1.29 is 9.47 Å². The minimum atomic E-state index is 0.272. The summed E-state index contributed by atoms with van der Waals surface area (Å²) in [6.45, 7) is 3.95. The van der Waals surface area contributed by atoms with Gasteiger partial charge in [0, 0.05) is 6.54 Å². The van der Waals surface area contributed by atoms with Crippen molar-refractivity contribution in [1.29, 1.82) is 0 Å². The fourth-order valence-electron chi connectivity index (χ4n) is 2.75. The second-order valence-corrected chi connectivity index (χ2v) is 6.07. The third-order valence-corrected chi connectivity index (χ3v) is 4.16. The fraction of sp³-hybridized carbons (Fsp3) is 0.647. The summed E-state index contributed by atoms with van der Waals surface area (Å²) in [5, 5.41) is 4.02. The Balaban J connectivity index is 2.08. The Labute approximate surface area is 133 Å². The molecular weight excluding hydrogens is 286 g/mol. The molecule has 4 heteroatoms. The third-order valence-electron chi connectivity index (χ3n) is 3.88. The number of benzene rings is 1. The quantitative estimate of drug-likeness (QED) is 0.749. The summed E-state index contributed by atoms with van der Waals surface area (Å²) in [5.74, 6) is 1.44. The average molecular weight is 312 g/mol. The smallest absolute Gasteiger partial charge is 0.180 e. The first-order valence-corrected chi connectivity index (χ1v) is 8.36. The third kappa shape index (κ3) is 4.79. The minimum absolute atomic E-state index is 0.272. The first kappa shape index (κ1) is 16.4. The zero-order chi connectivity index (χ0) is 15.1. The maximum absolute atomic E-state index is 6.41. The van der Waals surface area contributed by atoms with Crippen molar-refractivity contribution in [3.8, 4) is 11.5 Å². The van der Waals surface area contributed by atoms with Crippen molar-refractivity contribution in [3.63, 3.8) is 0 Å². The molecule has 1 saturated carbocycles. The second-order valence-electron chi connectivity index (χ2n) is 5.66. The molecule has 1 aliphatic rings. The molecule has 0 atom stereocenters. The molecule has 0 aliphatic heterocycles. The fourth-order valence-corrected chi connectivity index (χ4v) is 3.03. The lowest BCUT2D eigenvalue weighted by atomic mass is 9.98. The Kier molecular flexibility index (Phi) is 6.65. The highest BCUT2D eigenvalue weighted by atomic mass is 35.5. The predicted molar refractivity (Wildman–Crippen MR) is 87.5 cm³/mol. The molecular formula is C17H26ClNO2. The lowest BCUT2D eigenvalue weighted by Crippen LogP contribution is -2.20. The SMILES string of the molecule is CCCNCc1cc(Cl)c(OC2CCCCC2)c(OC)c1. The number of rotatable bonds is 7. The summed E-state index contributed by atoms with van der Waals surface area (Å²) in [7, 11) is 1.67. The number of nitrogens with one attached hydrogen (secondary N) is 1. The van der Waals surface area contributed by atoms with Crippen LogP contribution in [0, 0.1) is 0 Å². The maximum atomic E-state index is 6.41. The van der Waals surface area contributed by atoms with Gasteiger partial charge in [0.15, 0.2) is 11.5 Å². The lowest BCUT2D eigenvalue weighted by Gasteiger charge is -2.25. The number of ether oxygens (including phenoxy) is 2. The van der Waals surface area contributed by atoms with Crippen LogP contribution in [-0.4, -0.2) is 19.8 Å². The van der Waals surface area contributed by atoms with Crippen LogP contribution in [0.15, 0.2) is 12.1 Å². The highest BCUT2D eigenvalue weighted by Gasteiger charge is 2.19. The first-order chi connectivity index (χ1) is 10.2. The van der Waals surface area contributed by atoms with Crippen molar-refractivity contribution in [3.05, 3.63) is 22.7 Å². The summed E-state index contributed by atoms with van der Waals surface area (Å²) < 4.78 is 11.6. The van der Waals surface area contributed by atoms with Gasteiger partial charge >= 0.3 is 0 Å². The van der Waals surface area contributed by atoms with E-state index in [1.54, 1.807) is 7.11 Å². The van der Waals surface area contributed by atoms with Crippen LogP contribution < -0.4 is 14.8 Å². The molecule has 3 nitrogen and oxygen atoms in total. The molecule has 118 valence electrons. The van der Waals surface area contributed by atoms with Gasteiger partial charge in [0.05, 0.1) is 18.2 Å². The lowest BCUT2D eigenvalue weighted by molar-refractivity contribution is 0.149. The molecule has 1 aromatic rings. The number of halogens is 1. The predicted octanol–water partition coefficient (Wildman–Crippen LogP) is 4.56. The van der Waals surface area contributed by atoms with Gasteiger partial charge in [-0.3, -0.25) is 0 Å². The van der Waals surface area contributed by atoms with Crippen LogP contribution in [0.25, 0.3) is 0 Å². The molecule has 1 aromatic carbocycles. The molecule has 0 bridgehead atoms. The van der Waals surface area contributed by atoms with E-state index in [1.165, 1.54) is 19.3 Å². The van der Waals surface area contributed by atoms with E-state index in [0.29, 0.717) is 10.8 Å². The van der Waals surface area contributed by atoms with Crippen LogP contribution in [0.1, 0.15) is 51.0 Å². The van der Waals surface area contributed by atoms with Gasteiger partial charge in [-0.2, -0.15) is 0 Å². The summed E-state index contributed by atoms with van der Waals surface area (Å²) in [6, 6.07) is 4.00. The Morgan fingerprint density at radius 1 is 1.24 bits per heavy atom. The van der Waals surface area contributed by atoms with Crippen LogP contribution in [0.5, 0.6) is 11.5 Å².